The van der Waals surface area contributed by atoms with Gasteiger partial charge in [-0.3, -0.25) is 0 Å². The molecule has 2 rings (SSSR count). The molecule has 1 aromatic heterocycles. The van der Waals surface area contributed by atoms with Gasteiger partial charge in [0.25, 0.3) is 0 Å². The van der Waals surface area contributed by atoms with E-state index in [-0.39, 0.29) is 10.5 Å². The molecule has 0 radical (unpaired) electrons. The van der Waals surface area contributed by atoms with Crippen molar-refractivity contribution in [2.24, 2.45) is 5.14 Å². The molecule has 6 nitrogen and oxygen atoms in total. The predicted molar refractivity (Wildman–Crippen MR) is 78.1 cm³/mol. The van der Waals surface area contributed by atoms with Gasteiger partial charge in [0.05, 0.1) is 15.5 Å². The topological polar surface area (TPSA) is 110 Å². The number of primary sulfonamides is 1. The van der Waals surface area contributed by atoms with Gasteiger partial charge in [-0.1, -0.05) is 23.4 Å². The highest BCUT2D eigenvalue weighted by Crippen LogP contribution is 2.31. The average Bonchev–Trinajstić information content (AvgIpc) is 2.40. The summed E-state index contributed by atoms with van der Waals surface area (Å²) in [5, 5.41) is 15.2. The van der Waals surface area contributed by atoms with Crippen molar-refractivity contribution >= 4 is 39.4 Å². The molecule has 0 aliphatic carbocycles. The minimum absolute atomic E-state index is 0.164. The number of carboxylic acid groups (broad SMARTS) is 1. The van der Waals surface area contributed by atoms with Crippen LogP contribution in [-0.4, -0.2) is 24.5 Å². The standard InChI is InChI=1S/C12H9ClN2O4S2/c13-7-1-4-11(15-6-7)20-10-3-2-8(21(14,18)19)5-9(10)12(16)17/h1-6H,(H,16,17)(H2,14,18,19). The lowest BCUT2D eigenvalue weighted by Crippen LogP contribution is -2.13. The minimum Gasteiger partial charge on any atom is -0.478 e. The van der Waals surface area contributed by atoms with Gasteiger partial charge in [0.2, 0.25) is 10.0 Å². The fraction of sp³-hybridized carbons (Fsp3) is 0. The summed E-state index contributed by atoms with van der Waals surface area (Å²) in [5.41, 5.74) is -0.164. The van der Waals surface area contributed by atoms with Gasteiger partial charge in [-0.05, 0) is 30.3 Å². The second kappa shape index (κ2) is 6.02. The molecule has 0 aliphatic rings. The van der Waals surface area contributed by atoms with Crippen molar-refractivity contribution < 1.29 is 18.3 Å². The second-order valence-corrected chi connectivity index (χ2v) is 6.98. The highest BCUT2D eigenvalue weighted by atomic mass is 35.5. The Bertz CT molecular complexity index is 791. The molecule has 1 aromatic carbocycles. The van der Waals surface area contributed by atoms with Crippen LogP contribution in [0.1, 0.15) is 10.4 Å². The number of carboxylic acids is 1. The summed E-state index contributed by atoms with van der Waals surface area (Å²) in [6, 6.07) is 6.91. The van der Waals surface area contributed by atoms with Crippen LogP contribution in [0.4, 0.5) is 0 Å². The van der Waals surface area contributed by atoms with E-state index in [1.54, 1.807) is 12.1 Å². The summed E-state index contributed by atoms with van der Waals surface area (Å²) in [6.07, 6.45) is 1.43. The summed E-state index contributed by atoms with van der Waals surface area (Å²) in [7, 11) is -3.96. The molecule has 21 heavy (non-hydrogen) atoms. The van der Waals surface area contributed by atoms with Crippen molar-refractivity contribution in [2.75, 3.05) is 0 Å². The maximum Gasteiger partial charge on any atom is 0.336 e. The number of aromatic carboxylic acids is 1. The van der Waals surface area contributed by atoms with E-state index < -0.39 is 16.0 Å². The van der Waals surface area contributed by atoms with Crippen LogP contribution in [0, 0.1) is 0 Å². The van der Waals surface area contributed by atoms with Gasteiger partial charge in [0, 0.05) is 11.1 Å². The zero-order valence-electron chi connectivity index (χ0n) is 10.4. The number of sulfonamides is 1. The van der Waals surface area contributed by atoms with Crippen LogP contribution in [0.25, 0.3) is 0 Å². The molecule has 0 bridgehead atoms. The highest BCUT2D eigenvalue weighted by Gasteiger charge is 2.17. The van der Waals surface area contributed by atoms with Gasteiger partial charge in [-0.15, -0.1) is 0 Å². The number of halogens is 1. The van der Waals surface area contributed by atoms with Crippen LogP contribution >= 0.6 is 23.4 Å². The van der Waals surface area contributed by atoms with Crippen LogP contribution in [-0.2, 0) is 10.0 Å². The number of nitrogens with two attached hydrogens (primary N) is 1. The van der Waals surface area contributed by atoms with Gasteiger partial charge in [0.15, 0.2) is 0 Å². The van der Waals surface area contributed by atoms with Crippen LogP contribution in [0.5, 0.6) is 0 Å². The Balaban J connectivity index is 2.44. The van der Waals surface area contributed by atoms with Crippen molar-refractivity contribution in [1.29, 1.82) is 0 Å². The smallest absolute Gasteiger partial charge is 0.336 e. The van der Waals surface area contributed by atoms with Gasteiger partial charge >= 0.3 is 5.97 Å². The van der Waals surface area contributed by atoms with Crippen molar-refractivity contribution in [3.63, 3.8) is 0 Å². The van der Waals surface area contributed by atoms with E-state index in [0.717, 1.165) is 17.8 Å². The molecule has 0 aliphatic heterocycles. The molecule has 3 N–H and O–H groups in total. The Morgan fingerprint density at radius 1 is 1.29 bits per heavy atom. The zero-order chi connectivity index (χ0) is 15.6. The van der Waals surface area contributed by atoms with E-state index in [1.807, 2.05) is 0 Å². The van der Waals surface area contributed by atoms with Gasteiger partial charge in [-0.25, -0.2) is 23.3 Å². The lowest BCUT2D eigenvalue weighted by atomic mass is 10.2. The molecule has 110 valence electrons. The number of hydrogen-bond donors (Lipinski definition) is 2. The van der Waals surface area contributed by atoms with Gasteiger partial charge in [-0.2, -0.15) is 0 Å². The maximum absolute atomic E-state index is 11.3. The first-order valence-electron chi connectivity index (χ1n) is 5.47. The second-order valence-electron chi connectivity index (χ2n) is 3.92. The quantitative estimate of drug-likeness (QED) is 0.879. The van der Waals surface area contributed by atoms with E-state index in [0.29, 0.717) is 14.9 Å². The van der Waals surface area contributed by atoms with Crippen molar-refractivity contribution in [3.05, 3.63) is 47.1 Å². The third kappa shape index (κ3) is 3.94. The number of aromatic nitrogens is 1. The number of benzene rings is 1. The molecule has 0 spiro atoms. The van der Waals surface area contributed by atoms with Gasteiger partial charge < -0.3 is 5.11 Å². The highest BCUT2D eigenvalue weighted by molar-refractivity contribution is 7.99. The lowest BCUT2D eigenvalue weighted by molar-refractivity contribution is 0.0693. The number of rotatable bonds is 4. The summed E-state index contributed by atoms with van der Waals surface area (Å²) in [5.74, 6) is -1.25. The zero-order valence-corrected chi connectivity index (χ0v) is 12.7. The minimum atomic E-state index is -3.96. The molecule has 2 aromatic rings. The van der Waals surface area contributed by atoms with Crippen LogP contribution in [0.2, 0.25) is 5.02 Å². The SMILES string of the molecule is NS(=O)(=O)c1ccc(Sc2ccc(Cl)cn2)c(C(=O)O)c1. The van der Waals surface area contributed by atoms with Gasteiger partial charge in [0.1, 0.15) is 5.03 Å². The molecule has 0 saturated heterocycles. The molecule has 0 saturated carbocycles. The number of nitrogens with zero attached hydrogens (tertiary/aromatic N) is 1. The van der Waals surface area contributed by atoms with E-state index in [4.69, 9.17) is 16.7 Å². The third-order valence-corrected chi connectivity index (χ3v) is 4.59. The summed E-state index contributed by atoms with van der Waals surface area (Å²) in [4.78, 5) is 15.4. The first-order chi connectivity index (χ1) is 9.77. The Hall–Kier alpha value is -1.61. The number of carbonyl (C=O) groups is 1. The molecular weight excluding hydrogens is 336 g/mol. The fourth-order valence-electron chi connectivity index (χ4n) is 1.48. The lowest BCUT2D eigenvalue weighted by Gasteiger charge is -2.07. The average molecular weight is 345 g/mol. The molecule has 1 heterocycles. The molecule has 9 heteroatoms. The normalized spacial score (nSPS) is 11.3. The first kappa shape index (κ1) is 15.8. The third-order valence-electron chi connectivity index (χ3n) is 2.42. The summed E-state index contributed by atoms with van der Waals surface area (Å²) in [6.45, 7) is 0. The van der Waals surface area contributed by atoms with Crippen molar-refractivity contribution in [3.8, 4) is 0 Å². The first-order valence-corrected chi connectivity index (χ1v) is 8.21. The Labute approximate surface area is 130 Å². The van der Waals surface area contributed by atoms with Crippen molar-refractivity contribution in [2.45, 2.75) is 14.8 Å². The number of pyridine rings is 1. The van der Waals surface area contributed by atoms with Crippen LogP contribution in [0.3, 0.4) is 0 Å². The van der Waals surface area contributed by atoms with Crippen LogP contribution < -0.4 is 5.14 Å². The molecule has 0 unspecified atom stereocenters. The summed E-state index contributed by atoms with van der Waals surface area (Å²) >= 11 is 6.81. The maximum atomic E-state index is 11.3. The molecule has 0 amide bonds. The Kier molecular flexibility index (Phi) is 4.52. The van der Waals surface area contributed by atoms with E-state index in [2.05, 4.69) is 4.98 Å². The van der Waals surface area contributed by atoms with Crippen molar-refractivity contribution in [1.82, 2.24) is 4.98 Å². The van der Waals surface area contributed by atoms with E-state index in [1.165, 1.54) is 18.3 Å². The Morgan fingerprint density at radius 3 is 2.52 bits per heavy atom. The van der Waals surface area contributed by atoms with Crippen LogP contribution in [0.15, 0.2) is 51.3 Å². The predicted octanol–water partition coefficient (Wildman–Crippen LogP) is 2.23. The molecule has 0 fully saturated rings. The largest absolute Gasteiger partial charge is 0.478 e. The summed E-state index contributed by atoms with van der Waals surface area (Å²) < 4.78 is 22.5. The molecular formula is C12H9ClN2O4S2. The Morgan fingerprint density at radius 2 is 2.00 bits per heavy atom. The molecule has 0 atom stereocenters. The number of hydrogen-bond acceptors (Lipinski definition) is 5. The fourth-order valence-corrected chi connectivity index (χ4v) is 2.99. The monoisotopic (exact) mass is 344 g/mol. The van der Waals surface area contributed by atoms with E-state index >= 15 is 0 Å². The van der Waals surface area contributed by atoms with E-state index in [9.17, 15) is 18.3 Å².